The fourth-order valence-electron chi connectivity index (χ4n) is 2.10. The minimum atomic E-state index is -0.0643. The average molecular weight is 286 g/mol. The van der Waals surface area contributed by atoms with Crippen LogP contribution in [-0.2, 0) is 13.5 Å². The average Bonchev–Trinajstić information content (AvgIpc) is 2.79. The molecule has 0 aliphatic heterocycles. The lowest BCUT2D eigenvalue weighted by Gasteiger charge is -2.12. The van der Waals surface area contributed by atoms with Crippen molar-refractivity contribution in [2.24, 2.45) is 7.05 Å². The summed E-state index contributed by atoms with van der Waals surface area (Å²) in [6, 6.07) is 8.36. The third-order valence-corrected chi connectivity index (χ3v) is 3.63. The number of anilines is 1. The maximum absolute atomic E-state index is 12.0. The summed E-state index contributed by atoms with van der Waals surface area (Å²) in [7, 11) is 5.87. The Morgan fingerprint density at radius 3 is 2.48 bits per heavy atom. The van der Waals surface area contributed by atoms with Crippen LogP contribution >= 0.6 is 0 Å². The molecule has 1 heterocycles. The van der Waals surface area contributed by atoms with Crippen LogP contribution in [-0.4, -0.2) is 36.3 Å². The normalized spacial score (nSPS) is 10.5. The lowest BCUT2D eigenvalue weighted by molar-refractivity contribution is 0.0953. The third-order valence-electron chi connectivity index (χ3n) is 3.63. The van der Waals surface area contributed by atoms with Crippen LogP contribution < -0.4 is 10.2 Å². The highest BCUT2D eigenvalue weighted by atomic mass is 16.1. The number of aromatic nitrogens is 2. The molecule has 2 rings (SSSR count). The Hall–Kier alpha value is -2.30. The molecule has 0 aliphatic rings. The predicted molar refractivity (Wildman–Crippen MR) is 84.8 cm³/mol. The van der Waals surface area contributed by atoms with Gasteiger partial charge in [0.1, 0.15) is 0 Å². The Kier molecular flexibility index (Phi) is 4.62. The van der Waals surface area contributed by atoms with Gasteiger partial charge in [-0.1, -0.05) is 12.1 Å². The van der Waals surface area contributed by atoms with Gasteiger partial charge < -0.3 is 10.2 Å². The van der Waals surface area contributed by atoms with Crippen LogP contribution in [0, 0.1) is 6.92 Å². The number of benzene rings is 1. The fourth-order valence-corrected chi connectivity index (χ4v) is 2.10. The van der Waals surface area contributed by atoms with Gasteiger partial charge in [0.05, 0.1) is 11.8 Å². The Balaban J connectivity index is 1.86. The summed E-state index contributed by atoms with van der Waals surface area (Å²) >= 11 is 0. The zero-order chi connectivity index (χ0) is 15.4. The number of nitrogens with one attached hydrogen (secondary N) is 1. The third kappa shape index (κ3) is 3.62. The number of rotatable bonds is 5. The molecule has 0 saturated carbocycles. The summed E-state index contributed by atoms with van der Waals surface area (Å²) in [4.78, 5) is 14.1. The molecule has 1 aromatic carbocycles. The number of hydrogen-bond donors (Lipinski definition) is 1. The lowest BCUT2D eigenvalue weighted by Crippen LogP contribution is -2.26. The van der Waals surface area contributed by atoms with Gasteiger partial charge in [-0.2, -0.15) is 5.10 Å². The number of carbonyl (C=O) groups excluding carboxylic acids is 1. The van der Waals surface area contributed by atoms with Crippen molar-refractivity contribution in [2.45, 2.75) is 13.3 Å². The van der Waals surface area contributed by atoms with Crippen LogP contribution in [0.5, 0.6) is 0 Å². The molecule has 0 saturated heterocycles. The van der Waals surface area contributed by atoms with E-state index in [4.69, 9.17) is 0 Å². The molecule has 1 N–H and O–H groups in total. The second-order valence-electron chi connectivity index (χ2n) is 5.33. The highest BCUT2D eigenvalue weighted by molar-refractivity contribution is 5.95. The van der Waals surface area contributed by atoms with Crippen LogP contribution in [0.1, 0.15) is 21.6 Å². The van der Waals surface area contributed by atoms with Gasteiger partial charge in [-0.3, -0.25) is 9.48 Å². The smallest absolute Gasteiger partial charge is 0.254 e. The van der Waals surface area contributed by atoms with Gasteiger partial charge in [-0.05, 0) is 31.0 Å². The van der Waals surface area contributed by atoms with Crippen LogP contribution in [0.3, 0.4) is 0 Å². The zero-order valence-electron chi connectivity index (χ0n) is 13.1. The number of hydrogen-bond acceptors (Lipinski definition) is 3. The van der Waals surface area contributed by atoms with Crippen molar-refractivity contribution in [3.05, 3.63) is 47.3 Å². The molecule has 21 heavy (non-hydrogen) atoms. The van der Waals surface area contributed by atoms with Crippen LogP contribution in [0.2, 0.25) is 0 Å². The predicted octanol–water partition coefficient (Wildman–Crippen LogP) is 1.77. The molecule has 0 fully saturated rings. The van der Waals surface area contributed by atoms with E-state index in [0.717, 1.165) is 12.1 Å². The zero-order valence-corrected chi connectivity index (χ0v) is 13.1. The van der Waals surface area contributed by atoms with E-state index in [9.17, 15) is 4.79 Å². The quantitative estimate of drug-likeness (QED) is 0.911. The monoisotopic (exact) mass is 286 g/mol. The molecule has 1 amide bonds. The van der Waals surface area contributed by atoms with E-state index in [1.807, 2.05) is 28.1 Å². The second-order valence-corrected chi connectivity index (χ2v) is 5.33. The van der Waals surface area contributed by atoms with Crippen LogP contribution in [0.4, 0.5) is 5.69 Å². The summed E-state index contributed by atoms with van der Waals surface area (Å²) in [5.74, 6) is -0.0643. The standard InChI is InChI=1S/C16H22N4O/c1-12-15(11-18-20(12)4)16(21)17-10-9-13-5-7-14(8-6-13)19(2)3/h5-8,11H,9-10H2,1-4H3,(H,17,21). The Bertz CT molecular complexity index is 614. The highest BCUT2D eigenvalue weighted by Gasteiger charge is 2.11. The van der Waals surface area contributed by atoms with E-state index in [-0.39, 0.29) is 5.91 Å². The van der Waals surface area contributed by atoms with Crippen molar-refractivity contribution in [3.63, 3.8) is 0 Å². The van der Waals surface area contributed by atoms with Crippen molar-refractivity contribution < 1.29 is 4.79 Å². The minimum absolute atomic E-state index is 0.0643. The van der Waals surface area contributed by atoms with E-state index in [0.29, 0.717) is 12.1 Å². The van der Waals surface area contributed by atoms with Gasteiger partial charge >= 0.3 is 0 Å². The van der Waals surface area contributed by atoms with Crippen LogP contribution in [0.25, 0.3) is 0 Å². The van der Waals surface area contributed by atoms with Gasteiger partial charge in [0, 0.05) is 39.1 Å². The number of aryl methyl sites for hydroxylation is 1. The van der Waals surface area contributed by atoms with E-state index < -0.39 is 0 Å². The summed E-state index contributed by atoms with van der Waals surface area (Å²) in [5.41, 5.74) is 3.90. The van der Waals surface area contributed by atoms with Crippen molar-refractivity contribution >= 4 is 11.6 Å². The molecule has 0 aliphatic carbocycles. The first-order valence-electron chi connectivity index (χ1n) is 7.02. The molecule has 0 bridgehead atoms. The Morgan fingerprint density at radius 2 is 1.95 bits per heavy atom. The minimum Gasteiger partial charge on any atom is -0.378 e. The first-order chi connectivity index (χ1) is 9.99. The van der Waals surface area contributed by atoms with Gasteiger partial charge in [-0.15, -0.1) is 0 Å². The second kappa shape index (κ2) is 6.43. The Morgan fingerprint density at radius 1 is 1.29 bits per heavy atom. The molecule has 0 spiro atoms. The molecule has 1 aromatic heterocycles. The van der Waals surface area contributed by atoms with E-state index in [2.05, 4.69) is 39.6 Å². The summed E-state index contributed by atoms with van der Waals surface area (Å²) in [5, 5.41) is 7.02. The molecule has 0 unspecified atom stereocenters. The topological polar surface area (TPSA) is 50.2 Å². The molecule has 0 atom stereocenters. The molecule has 0 radical (unpaired) electrons. The van der Waals surface area contributed by atoms with Crippen molar-refractivity contribution in [1.82, 2.24) is 15.1 Å². The number of nitrogens with zero attached hydrogens (tertiary/aromatic N) is 3. The van der Waals surface area contributed by atoms with Gasteiger partial charge in [0.2, 0.25) is 0 Å². The molecular formula is C16H22N4O. The molecule has 5 heteroatoms. The molecule has 2 aromatic rings. The van der Waals surface area contributed by atoms with Gasteiger partial charge in [0.15, 0.2) is 0 Å². The van der Waals surface area contributed by atoms with Gasteiger partial charge in [-0.25, -0.2) is 0 Å². The fraction of sp³-hybridized carbons (Fsp3) is 0.375. The SMILES string of the molecule is Cc1c(C(=O)NCCc2ccc(N(C)C)cc2)cnn1C. The van der Waals surface area contributed by atoms with E-state index in [1.54, 1.807) is 10.9 Å². The number of amides is 1. The largest absolute Gasteiger partial charge is 0.378 e. The van der Waals surface area contributed by atoms with Crippen molar-refractivity contribution in [2.75, 3.05) is 25.5 Å². The summed E-state index contributed by atoms with van der Waals surface area (Å²) in [6.07, 6.45) is 2.43. The first kappa shape index (κ1) is 15.1. The first-order valence-corrected chi connectivity index (χ1v) is 7.02. The lowest BCUT2D eigenvalue weighted by atomic mass is 10.1. The summed E-state index contributed by atoms with van der Waals surface area (Å²) < 4.78 is 1.70. The highest BCUT2D eigenvalue weighted by Crippen LogP contribution is 2.12. The van der Waals surface area contributed by atoms with E-state index >= 15 is 0 Å². The van der Waals surface area contributed by atoms with Crippen molar-refractivity contribution in [1.29, 1.82) is 0 Å². The molecule has 5 nitrogen and oxygen atoms in total. The maximum Gasteiger partial charge on any atom is 0.254 e. The molecule has 112 valence electrons. The Labute approximate surface area is 125 Å². The van der Waals surface area contributed by atoms with E-state index in [1.165, 1.54) is 11.3 Å². The van der Waals surface area contributed by atoms with Gasteiger partial charge in [0.25, 0.3) is 5.91 Å². The molecular weight excluding hydrogens is 264 g/mol. The summed E-state index contributed by atoms with van der Waals surface area (Å²) in [6.45, 7) is 2.51. The van der Waals surface area contributed by atoms with Crippen LogP contribution in [0.15, 0.2) is 30.5 Å². The number of carbonyl (C=O) groups is 1. The maximum atomic E-state index is 12.0. The van der Waals surface area contributed by atoms with Crippen molar-refractivity contribution in [3.8, 4) is 0 Å².